The van der Waals surface area contributed by atoms with Crippen LogP contribution in [0.25, 0.3) is 0 Å². The van der Waals surface area contributed by atoms with E-state index in [4.69, 9.17) is 5.11 Å². The molecule has 0 radical (unpaired) electrons. The molecule has 1 aliphatic rings. The Morgan fingerprint density at radius 1 is 1.38 bits per heavy atom. The molecule has 0 aromatic carbocycles. The lowest BCUT2D eigenvalue weighted by atomic mass is 9.90. The monoisotopic (exact) mass is 226 g/mol. The number of hydrogen-bond acceptors (Lipinski definition) is 2. The maximum absolute atomic E-state index is 11.0. The first-order chi connectivity index (χ1) is 7.65. The average Bonchev–Trinajstić information content (AvgIpc) is 2.26. The third kappa shape index (κ3) is 3.97. The van der Waals surface area contributed by atoms with Crippen LogP contribution < -0.4 is 0 Å². The Labute approximate surface area is 97.2 Å². The Bertz CT molecular complexity index is 250. The van der Waals surface area contributed by atoms with Crippen molar-refractivity contribution in [2.75, 3.05) is 0 Å². The highest BCUT2D eigenvalue weighted by Crippen LogP contribution is 2.25. The normalized spacial score (nSPS) is 20.2. The molecule has 2 atom stereocenters. The molecule has 92 valence electrons. The van der Waals surface area contributed by atoms with Crippen LogP contribution in [-0.2, 0) is 4.79 Å². The van der Waals surface area contributed by atoms with Crippen LogP contribution in [-0.4, -0.2) is 22.3 Å². The van der Waals surface area contributed by atoms with Crippen molar-refractivity contribution in [3.63, 3.8) is 0 Å². The molecule has 0 bridgehead atoms. The summed E-state index contributed by atoms with van der Waals surface area (Å²) in [4.78, 5) is 11.0. The maximum Gasteiger partial charge on any atom is 0.309 e. The van der Waals surface area contributed by atoms with Crippen molar-refractivity contribution in [3.8, 4) is 0 Å². The summed E-state index contributed by atoms with van der Waals surface area (Å²) in [6, 6.07) is 0. The minimum absolute atomic E-state index is 0.542. The zero-order valence-corrected chi connectivity index (χ0v) is 9.98. The molecule has 1 saturated carbocycles. The van der Waals surface area contributed by atoms with E-state index in [1.54, 1.807) is 6.08 Å². The third-order valence-electron chi connectivity index (χ3n) is 3.23. The van der Waals surface area contributed by atoms with Crippen LogP contribution in [0.4, 0.5) is 0 Å². The molecule has 0 amide bonds. The number of aliphatic carboxylic acids is 1. The summed E-state index contributed by atoms with van der Waals surface area (Å²) in [5.41, 5.74) is 1.24. The van der Waals surface area contributed by atoms with Gasteiger partial charge in [-0.1, -0.05) is 31.4 Å². The summed E-state index contributed by atoms with van der Waals surface area (Å²) in [6.07, 6.45) is 7.94. The van der Waals surface area contributed by atoms with Crippen LogP contribution in [0.2, 0.25) is 0 Å². The van der Waals surface area contributed by atoms with E-state index in [9.17, 15) is 9.90 Å². The Morgan fingerprint density at radius 2 is 2.00 bits per heavy atom. The topological polar surface area (TPSA) is 57.5 Å². The number of rotatable bonds is 5. The van der Waals surface area contributed by atoms with Gasteiger partial charge in [-0.05, 0) is 32.1 Å². The van der Waals surface area contributed by atoms with E-state index in [1.165, 1.54) is 24.8 Å². The van der Waals surface area contributed by atoms with Gasteiger partial charge in [0.1, 0.15) is 0 Å². The SMILES string of the molecule is CCCC(C(=O)O)C(O)C=C1CCCCC1. The number of aliphatic hydroxyl groups excluding tert-OH is 1. The van der Waals surface area contributed by atoms with Gasteiger partial charge in [0.05, 0.1) is 12.0 Å². The van der Waals surface area contributed by atoms with Crippen LogP contribution in [0.3, 0.4) is 0 Å². The van der Waals surface area contributed by atoms with Crippen LogP contribution in [0.5, 0.6) is 0 Å². The molecule has 0 saturated heterocycles. The predicted molar refractivity (Wildman–Crippen MR) is 63.2 cm³/mol. The van der Waals surface area contributed by atoms with Crippen molar-refractivity contribution in [2.45, 2.75) is 58.0 Å². The first-order valence-corrected chi connectivity index (χ1v) is 6.25. The number of carbonyl (C=O) groups is 1. The Kier molecular flexibility index (Phi) is 5.53. The Hall–Kier alpha value is -0.830. The van der Waals surface area contributed by atoms with Gasteiger partial charge in [-0.3, -0.25) is 4.79 Å². The van der Waals surface area contributed by atoms with Crippen LogP contribution in [0.15, 0.2) is 11.6 Å². The van der Waals surface area contributed by atoms with Crippen molar-refractivity contribution in [1.29, 1.82) is 0 Å². The highest BCUT2D eigenvalue weighted by Gasteiger charge is 2.24. The molecule has 16 heavy (non-hydrogen) atoms. The molecule has 0 aliphatic heterocycles. The fourth-order valence-corrected chi connectivity index (χ4v) is 2.28. The molecule has 0 aromatic heterocycles. The highest BCUT2D eigenvalue weighted by atomic mass is 16.4. The fourth-order valence-electron chi connectivity index (χ4n) is 2.28. The summed E-state index contributed by atoms with van der Waals surface area (Å²) in [6.45, 7) is 1.94. The second kappa shape index (κ2) is 6.69. The molecule has 0 heterocycles. The van der Waals surface area contributed by atoms with Crippen molar-refractivity contribution in [2.24, 2.45) is 5.92 Å². The largest absolute Gasteiger partial charge is 0.481 e. The molecule has 1 aliphatic carbocycles. The van der Waals surface area contributed by atoms with Crippen molar-refractivity contribution >= 4 is 5.97 Å². The van der Waals surface area contributed by atoms with Crippen molar-refractivity contribution in [3.05, 3.63) is 11.6 Å². The lowest BCUT2D eigenvalue weighted by Crippen LogP contribution is -2.27. The third-order valence-corrected chi connectivity index (χ3v) is 3.23. The summed E-state index contributed by atoms with van der Waals surface area (Å²) < 4.78 is 0. The number of carboxylic acid groups (broad SMARTS) is 1. The van der Waals surface area contributed by atoms with E-state index in [0.29, 0.717) is 6.42 Å². The second-order valence-corrected chi connectivity index (χ2v) is 4.61. The van der Waals surface area contributed by atoms with Gasteiger partial charge in [0.15, 0.2) is 0 Å². The molecule has 3 nitrogen and oxygen atoms in total. The van der Waals surface area contributed by atoms with E-state index >= 15 is 0 Å². The van der Waals surface area contributed by atoms with Gasteiger partial charge in [0, 0.05) is 0 Å². The molecular weight excluding hydrogens is 204 g/mol. The quantitative estimate of drug-likeness (QED) is 0.709. The lowest BCUT2D eigenvalue weighted by Gasteiger charge is -2.19. The Balaban J connectivity index is 2.59. The smallest absolute Gasteiger partial charge is 0.309 e. The van der Waals surface area contributed by atoms with E-state index < -0.39 is 18.0 Å². The summed E-state index contributed by atoms with van der Waals surface area (Å²) >= 11 is 0. The van der Waals surface area contributed by atoms with Crippen molar-refractivity contribution in [1.82, 2.24) is 0 Å². The van der Waals surface area contributed by atoms with Gasteiger partial charge in [0.2, 0.25) is 0 Å². The zero-order valence-electron chi connectivity index (χ0n) is 9.98. The molecule has 1 fully saturated rings. The molecule has 1 rings (SSSR count). The number of allylic oxidation sites excluding steroid dienone is 1. The minimum Gasteiger partial charge on any atom is -0.481 e. The van der Waals surface area contributed by atoms with Gasteiger partial charge in [-0.25, -0.2) is 0 Å². The van der Waals surface area contributed by atoms with E-state index in [0.717, 1.165) is 19.3 Å². The number of hydrogen-bond donors (Lipinski definition) is 2. The summed E-state index contributed by atoms with van der Waals surface area (Å²) in [5, 5.41) is 18.9. The molecule has 2 N–H and O–H groups in total. The molecule has 3 heteroatoms. The van der Waals surface area contributed by atoms with Gasteiger partial charge < -0.3 is 10.2 Å². The van der Waals surface area contributed by atoms with Gasteiger partial charge in [0.25, 0.3) is 0 Å². The summed E-state index contributed by atoms with van der Waals surface area (Å²) in [7, 11) is 0. The van der Waals surface area contributed by atoms with Crippen LogP contribution >= 0.6 is 0 Å². The van der Waals surface area contributed by atoms with Gasteiger partial charge >= 0.3 is 5.97 Å². The first-order valence-electron chi connectivity index (χ1n) is 6.25. The van der Waals surface area contributed by atoms with Crippen molar-refractivity contribution < 1.29 is 15.0 Å². The average molecular weight is 226 g/mol. The highest BCUT2D eigenvalue weighted by molar-refractivity contribution is 5.71. The van der Waals surface area contributed by atoms with Gasteiger partial charge in [-0.15, -0.1) is 0 Å². The standard InChI is InChI=1S/C13H22O3/c1-2-6-11(13(15)16)12(14)9-10-7-4-3-5-8-10/h9,11-12,14H,2-8H2,1H3,(H,15,16). The predicted octanol–water partition coefficient (Wildman–Crippen LogP) is 2.74. The first kappa shape index (κ1) is 13.2. The molecular formula is C13H22O3. The maximum atomic E-state index is 11.0. The minimum atomic E-state index is -0.887. The second-order valence-electron chi connectivity index (χ2n) is 4.61. The van der Waals surface area contributed by atoms with Crippen LogP contribution in [0, 0.1) is 5.92 Å². The van der Waals surface area contributed by atoms with E-state index in [1.807, 2.05) is 6.92 Å². The molecule has 0 spiro atoms. The number of carboxylic acids is 1. The van der Waals surface area contributed by atoms with Gasteiger partial charge in [-0.2, -0.15) is 0 Å². The Morgan fingerprint density at radius 3 is 2.50 bits per heavy atom. The van der Waals surface area contributed by atoms with Crippen LogP contribution in [0.1, 0.15) is 51.9 Å². The fraction of sp³-hybridized carbons (Fsp3) is 0.769. The molecule has 2 unspecified atom stereocenters. The lowest BCUT2D eigenvalue weighted by molar-refractivity contribution is -0.144. The molecule has 0 aromatic rings. The van der Waals surface area contributed by atoms with E-state index in [-0.39, 0.29) is 0 Å². The summed E-state index contributed by atoms with van der Waals surface area (Å²) in [5.74, 6) is -1.53. The van der Waals surface area contributed by atoms with E-state index in [2.05, 4.69) is 0 Å². The zero-order chi connectivity index (χ0) is 12.0. The number of aliphatic hydroxyl groups is 1.